The van der Waals surface area contributed by atoms with Gasteiger partial charge < -0.3 is 0 Å². The summed E-state index contributed by atoms with van der Waals surface area (Å²) in [6, 6.07) is 8.14. The van der Waals surface area contributed by atoms with Gasteiger partial charge in [0.05, 0.1) is 16.2 Å². The van der Waals surface area contributed by atoms with Crippen molar-refractivity contribution in [2.24, 2.45) is 0 Å². The number of fused-ring (bicyclic) bond motifs is 1. The Bertz CT molecular complexity index is 634. The number of benzene rings is 1. The van der Waals surface area contributed by atoms with Crippen LogP contribution >= 0.6 is 11.6 Å². The second-order valence-corrected chi connectivity index (χ2v) is 5.65. The van der Waals surface area contributed by atoms with Crippen LogP contribution in [0.25, 0.3) is 10.9 Å². The molecule has 0 saturated heterocycles. The number of halogens is 1. The molecule has 0 amide bonds. The summed E-state index contributed by atoms with van der Waals surface area (Å²) < 4.78 is 0. The number of hydrogen-bond acceptors (Lipinski definition) is 2. The van der Waals surface area contributed by atoms with E-state index >= 15 is 0 Å². The highest BCUT2D eigenvalue weighted by molar-refractivity contribution is 6.32. The molecule has 1 aromatic heterocycles. The van der Waals surface area contributed by atoms with Gasteiger partial charge in [0.2, 0.25) is 0 Å². The summed E-state index contributed by atoms with van der Waals surface area (Å²) in [5.41, 5.74) is 4.22. The highest BCUT2D eigenvalue weighted by Gasteiger charge is 2.13. The van der Waals surface area contributed by atoms with Gasteiger partial charge in [-0.15, -0.1) is 0 Å². The summed E-state index contributed by atoms with van der Waals surface area (Å²) in [6.45, 7) is 12.8. The minimum Gasteiger partial charge on any atom is -0.294 e. The molecule has 0 aliphatic rings. The van der Waals surface area contributed by atoms with E-state index in [1.807, 2.05) is 25.1 Å². The number of rotatable bonds is 5. The lowest BCUT2D eigenvalue weighted by atomic mass is 10.1. The Morgan fingerprint density at radius 1 is 1.35 bits per heavy atom. The lowest BCUT2D eigenvalue weighted by molar-refractivity contribution is 0.301. The summed E-state index contributed by atoms with van der Waals surface area (Å²) in [4.78, 5) is 7.02. The lowest BCUT2D eigenvalue weighted by Crippen LogP contribution is -2.25. The van der Waals surface area contributed by atoms with E-state index in [1.165, 1.54) is 0 Å². The second kappa shape index (κ2) is 6.38. The molecule has 1 aromatic carbocycles. The standard InChI is InChI=1S/C17H21ClN2/c1-5-20(10-12(2)3)11-16-17(18)13(4)14-8-6-7-9-15(14)19-16/h6-9H,2,5,10-11H2,1,3-4H3. The Balaban J connectivity index is 2.39. The van der Waals surface area contributed by atoms with Crippen molar-refractivity contribution in [1.29, 1.82) is 0 Å². The molecular formula is C17H21ClN2. The molecule has 3 heteroatoms. The van der Waals surface area contributed by atoms with E-state index in [0.29, 0.717) is 0 Å². The van der Waals surface area contributed by atoms with Crippen LogP contribution in [0.5, 0.6) is 0 Å². The van der Waals surface area contributed by atoms with E-state index in [0.717, 1.165) is 52.4 Å². The maximum Gasteiger partial charge on any atom is 0.0740 e. The van der Waals surface area contributed by atoms with Crippen LogP contribution in [0, 0.1) is 6.92 Å². The molecular weight excluding hydrogens is 268 g/mol. The summed E-state index contributed by atoms with van der Waals surface area (Å²) in [5, 5.41) is 1.91. The van der Waals surface area contributed by atoms with Gasteiger partial charge in [0, 0.05) is 18.5 Å². The van der Waals surface area contributed by atoms with Crippen LogP contribution in [0.4, 0.5) is 0 Å². The average molecular weight is 289 g/mol. The molecule has 0 spiro atoms. The normalized spacial score (nSPS) is 11.2. The minimum atomic E-state index is 0.758. The fraction of sp³-hybridized carbons (Fsp3) is 0.353. The molecule has 0 aliphatic heterocycles. The first kappa shape index (κ1) is 15.0. The Labute approximate surface area is 126 Å². The van der Waals surface area contributed by atoms with Crippen LogP contribution in [-0.2, 0) is 6.54 Å². The lowest BCUT2D eigenvalue weighted by Gasteiger charge is -2.21. The quantitative estimate of drug-likeness (QED) is 0.748. The number of aromatic nitrogens is 1. The van der Waals surface area contributed by atoms with Crippen LogP contribution in [0.3, 0.4) is 0 Å². The first-order valence-corrected chi connectivity index (χ1v) is 7.31. The van der Waals surface area contributed by atoms with Crippen molar-refractivity contribution in [2.75, 3.05) is 13.1 Å². The Kier molecular flexibility index (Phi) is 4.79. The van der Waals surface area contributed by atoms with Crippen LogP contribution in [-0.4, -0.2) is 23.0 Å². The molecule has 0 atom stereocenters. The average Bonchev–Trinajstić information content (AvgIpc) is 2.43. The monoisotopic (exact) mass is 288 g/mol. The van der Waals surface area contributed by atoms with Crippen molar-refractivity contribution in [3.05, 3.63) is 52.7 Å². The van der Waals surface area contributed by atoms with Gasteiger partial charge in [0.15, 0.2) is 0 Å². The minimum absolute atomic E-state index is 0.758. The Hall–Kier alpha value is -1.38. The highest BCUT2D eigenvalue weighted by atomic mass is 35.5. The number of pyridine rings is 1. The molecule has 0 unspecified atom stereocenters. The zero-order chi connectivity index (χ0) is 14.7. The van der Waals surface area contributed by atoms with Gasteiger partial charge in [0.25, 0.3) is 0 Å². The van der Waals surface area contributed by atoms with Gasteiger partial charge in [-0.05, 0) is 32.0 Å². The molecule has 1 heterocycles. The predicted octanol–water partition coefficient (Wildman–Crippen LogP) is 4.59. The van der Waals surface area contributed by atoms with Gasteiger partial charge in [-0.3, -0.25) is 4.90 Å². The molecule has 0 saturated carbocycles. The first-order valence-electron chi connectivity index (χ1n) is 6.93. The second-order valence-electron chi connectivity index (χ2n) is 5.28. The van der Waals surface area contributed by atoms with Crippen LogP contribution in [0.1, 0.15) is 25.1 Å². The van der Waals surface area contributed by atoms with E-state index in [1.54, 1.807) is 0 Å². The molecule has 106 valence electrons. The molecule has 0 aliphatic carbocycles. The summed E-state index contributed by atoms with van der Waals surface area (Å²) in [7, 11) is 0. The van der Waals surface area contributed by atoms with Crippen molar-refractivity contribution in [1.82, 2.24) is 9.88 Å². The third-order valence-corrected chi connectivity index (χ3v) is 3.96. The Morgan fingerprint density at radius 2 is 2.05 bits per heavy atom. The largest absolute Gasteiger partial charge is 0.294 e. The van der Waals surface area contributed by atoms with Gasteiger partial charge in [0.1, 0.15) is 0 Å². The van der Waals surface area contributed by atoms with Gasteiger partial charge in [-0.2, -0.15) is 0 Å². The molecule has 2 rings (SSSR count). The van der Waals surface area contributed by atoms with Crippen molar-refractivity contribution < 1.29 is 0 Å². The maximum atomic E-state index is 6.50. The number of likely N-dealkylation sites (N-methyl/N-ethyl adjacent to an activating group) is 1. The third kappa shape index (κ3) is 3.20. The van der Waals surface area contributed by atoms with Crippen molar-refractivity contribution in [3.8, 4) is 0 Å². The van der Waals surface area contributed by atoms with Crippen molar-refractivity contribution >= 4 is 22.5 Å². The molecule has 0 bridgehead atoms. The maximum absolute atomic E-state index is 6.50. The van der Waals surface area contributed by atoms with Gasteiger partial charge >= 0.3 is 0 Å². The number of nitrogens with zero attached hydrogens (tertiary/aromatic N) is 2. The fourth-order valence-corrected chi connectivity index (χ4v) is 2.60. The third-order valence-electron chi connectivity index (χ3n) is 3.46. The topological polar surface area (TPSA) is 16.1 Å². The van der Waals surface area contributed by atoms with Crippen molar-refractivity contribution in [3.63, 3.8) is 0 Å². The predicted molar refractivity (Wildman–Crippen MR) is 87.3 cm³/mol. The van der Waals surface area contributed by atoms with Crippen LogP contribution < -0.4 is 0 Å². The van der Waals surface area contributed by atoms with E-state index < -0.39 is 0 Å². The number of para-hydroxylation sites is 1. The zero-order valence-electron chi connectivity index (χ0n) is 12.4. The summed E-state index contributed by atoms with van der Waals surface area (Å²) in [5.74, 6) is 0. The highest BCUT2D eigenvalue weighted by Crippen LogP contribution is 2.27. The molecule has 0 radical (unpaired) electrons. The van der Waals surface area contributed by atoms with E-state index in [4.69, 9.17) is 16.6 Å². The molecule has 20 heavy (non-hydrogen) atoms. The van der Waals surface area contributed by atoms with E-state index in [-0.39, 0.29) is 0 Å². The van der Waals surface area contributed by atoms with Crippen LogP contribution in [0.2, 0.25) is 5.02 Å². The zero-order valence-corrected chi connectivity index (χ0v) is 13.2. The summed E-state index contributed by atoms with van der Waals surface area (Å²) >= 11 is 6.50. The van der Waals surface area contributed by atoms with Crippen molar-refractivity contribution in [2.45, 2.75) is 27.3 Å². The van der Waals surface area contributed by atoms with Crippen LogP contribution in [0.15, 0.2) is 36.4 Å². The number of hydrogen-bond donors (Lipinski definition) is 0. The molecule has 0 N–H and O–H groups in total. The van der Waals surface area contributed by atoms with E-state index in [2.05, 4.69) is 31.4 Å². The summed E-state index contributed by atoms with van der Waals surface area (Å²) in [6.07, 6.45) is 0. The SMILES string of the molecule is C=C(C)CN(CC)Cc1nc2ccccc2c(C)c1Cl. The van der Waals surface area contributed by atoms with Gasteiger partial charge in [-0.1, -0.05) is 48.9 Å². The van der Waals surface area contributed by atoms with E-state index in [9.17, 15) is 0 Å². The van der Waals surface area contributed by atoms with Gasteiger partial charge in [-0.25, -0.2) is 4.98 Å². The Morgan fingerprint density at radius 3 is 2.70 bits per heavy atom. The first-order chi connectivity index (χ1) is 9.52. The molecule has 2 aromatic rings. The number of aryl methyl sites for hydroxylation is 1. The molecule has 2 nitrogen and oxygen atoms in total. The fourth-order valence-electron chi connectivity index (χ4n) is 2.40. The molecule has 0 fully saturated rings. The smallest absolute Gasteiger partial charge is 0.0740 e.